The second kappa shape index (κ2) is 6.17. The van der Waals surface area contributed by atoms with Crippen LogP contribution in [0.4, 0.5) is 24.5 Å². The van der Waals surface area contributed by atoms with Gasteiger partial charge < -0.3 is 15.5 Å². The van der Waals surface area contributed by atoms with E-state index in [4.69, 9.17) is 10.2 Å². The monoisotopic (exact) mass is 363 g/mol. The number of nitrogens with one attached hydrogen (secondary N) is 1. The average molecular weight is 363 g/mol. The molecule has 6 nitrogen and oxygen atoms in total. The minimum atomic E-state index is -5.13. The van der Waals surface area contributed by atoms with E-state index in [9.17, 15) is 22.8 Å². The van der Waals surface area contributed by atoms with Gasteiger partial charge in [0.05, 0.1) is 22.3 Å². The van der Waals surface area contributed by atoms with Crippen LogP contribution in [0.5, 0.6) is 0 Å². The molecule has 134 valence electrons. The lowest BCUT2D eigenvalue weighted by Crippen LogP contribution is -2.23. The third kappa shape index (κ3) is 3.10. The van der Waals surface area contributed by atoms with Crippen molar-refractivity contribution in [2.24, 2.45) is 0 Å². The van der Waals surface area contributed by atoms with Crippen LogP contribution in [0.2, 0.25) is 0 Å². The molecule has 1 aromatic carbocycles. The Morgan fingerprint density at radius 2 is 1.85 bits per heavy atom. The molecule has 2 heterocycles. The Morgan fingerprint density at radius 3 is 2.46 bits per heavy atom. The van der Waals surface area contributed by atoms with Gasteiger partial charge in [0.1, 0.15) is 0 Å². The summed E-state index contributed by atoms with van der Waals surface area (Å²) in [5.74, 6) is -3.77. The van der Waals surface area contributed by atoms with Gasteiger partial charge in [0.15, 0.2) is 0 Å². The van der Waals surface area contributed by atoms with Crippen LogP contribution in [0.1, 0.15) is 26.6 Å². The van der Waals surface area contributed by atoms with Crippen LogP contribution in [-0.2, 0) is 0 Å². The average Bonchev–Trinajstić information content (AvgIpc) is 2.89. The molecule has 0 aliphatic rings. The molecule has 2 aromatic heterocycles. The van der Waals surface area contributed by atoms with Crippen molar-refractivity contribution in [2.75, 3.05) is 11.1 Å². The van der Waals surface area contributed by atoms with Crippen LogP contribution in [0.25, 0.3) is 11.1 Å². The molecule has 0 aliphatic heterocycles. The standard InChI is InChI=1S/C17H12F3N3O3/c1-8-10(15(25)23-9-5-3-2-4-6-9)7-11-12(21)13(26-16(11)22-8)14(24)17(18,19)20/h2-7H,21H2,1H3,(H,23,25). The molecular weight excluding hydrogens is 351 g/mol. The molecule has 0 saturated heterocycles. The Kier molecular flexibility index (Phi) is 4.15. The summed E-state index contributed by atoms with van der Waals surface area (Å²) >= 11 is 0. The molecule has 26 heavy (non-hydrogen) atoms. The van der Waals surface area contributed by atoms with E-state index in [1.54, 1.807) is 30.3 Å². The number of ketones is 1. The summed E-state index contributed by atoms with van der Waals surface area (Å²) in [6, 6.07) is 9.83. The molecular formula is C17H12F3N3O3. The number of carbonyl (C=O) groups is 2. The summed E-state index contributed by atoms with van der Waals surface area (Å²) in [4.78, 5) is 27.8. The third-order valence-electron chi connectivity index (χ3n) is 3.65. The number of Topliss-reactive ketones (excluding diaryl/α,β-unsaturated/α-hetero) is 1. The molecule has 0 unspecified atom stereocenters. The minimum absolute atomic E-state index is 0.0404. The Hall–Kier alpha value is -3.36. The molecule has 3 aromatic rings. The van der Waals surface area contributed by atoms with Gasteiger partial charge in [0, 0.05) is 5.69 Å². The van der Waals surface area contributed by atoms with Crippen LogP contribution in [-0.4, -0.2) is 22.9 Å². The first-order chi connectivity index (χ1) is 12.2. The Labute approximate surface area is 144 Å². The fourth-order valence-electron chi connectivity index (χ4n) is 2.38. The Morgan fingerprint density at radius 1 is 1.19 bits per heavy atom. The van der Waals surface area contributed by atoms with Crippen molar-refractivity contribution in [3.8, 4) is 0 Å². The summed E-state index contributed by atoms with van der Waals surface area (Å²) in [7, 11) is 0. The topological polar surface area (TPSA) is 98.2 Å². The normalized spacial score (nSPS) is 11.5. The van der Waals surface area contributed by atoms with Gasteiger partial charge in [-0.25, -0.2) is 4.98 Å². The van der Waals surface area contributed by atoms with Crippen LogP contribution in [0.3, 0.4) is 0 Å². The number of furan rings is 1. The molecule has 0 radical (unpaired) electrons. The number of benzene rings is 1. The number of nitrogens with two attached hydrogens (primary N) is 1. The number of rotatable bonds is 3. The highest BCUT2D eigenvalue weighted by molar-refractivity contribution is 6.11. The number of amides is 1. The second-order valence-corrected chi connectivity index (χ2v) is 5.47. The predicted molar refractivity (Wildman–Crippen MR) is 87.9 cm³/mol. The molecule has 0 atom stereocenters. The zero-order valence-corrected chi connectivity index (χ0v) is 13.3. The van der Waals surface area contributed by atoms with Gasteiger partial charge >= 0.3 is 12.0 Å². The van der Waals surface area contributed by atoms with E-state index in [2.05, 4.69) is 10.3 Å². The molecule has 0 aliphatic carbocycles. The molecule has 0 spiro atoms. The summed E-state index contributed by atoms with van der Waals surface area (Å²) in [5, 5.41) is 2.60. The lowest BCUT2D eigenvalue weighted by Gasteiger charge is -2.07. The number of alkyl halides is 3. The second-order valence-electron chi connectivity index (χ2n) is 5.47. The number of carbonyl (C=O) groups excluding carboxylic acids is 2. The number of nitrogens with zero attached hydrogens (tertiary/aromatic N) is 1. The lowest BCUT2D eigenvalue weighted by atomic mass is 10.1. The Balaban J connectivity index is 2.03. The quantitative estimate of drug-likeness (QED) is 0.691. The summed E-state index contributed by atoms with van der Waals surface area (Å²) < 4.78 is 42.8. The number of aromatic nitrogens is 1. The SMILES string of the molecule is Cc1nc2oc(C(=O)C(F)(F)F)c(N)c2cc1C(=O)Nc1ccccc1. The van der Waals surface area contributed by atoms with Gasteiger partial charge in [-0.05, 0) is 25.1 Å². The van der Waals surface area contributed by atoms with Crippen LogP contribution < -0.4 is 11.1 Å². The van der Waals surface area contributed by atoms with Gasteiger partial charge in [-0.2, -0.15) is 13.2 Å². The maximum atomic E-state index is 12.6. The van der Waals surface area contributed by atoms with Crippen LogP contribution in [0.15, 0.2) is 40.8 Å². The maximum absolute atomic E-state index is 12.6. The minimum Gasteiger partial charge on any atom is -0.432 e. The number of hydrogen-bond donors (Lipinski definition) is 2. The van der Waals surface area contributed by atoms with E-state index >= 15 is 0 Å². The van der Waals surface area contributed by atoms with Crippen LogP contribution >= 0.6 is 0 Å². The fourth-order valence-corrected chi connectivity index (χ4v) is 2.38. The maximum Gasteiger partial charge on any atom is 0.458 e. The van der Waals surface area contributed by atoms with E-state index in [1.165, 1.54) is 13.0 Å². The van der Waals surface area contributed by atoms with Crippen molar-refractivity contribution < 1.29 is 27.2 Å². The molecule has 0 saturated carbocycles. The number of aryl methyl sites for hydroxylation is 1. The largest absolute Gasteiger partial charge is 0.458 e. The Bertz CT molecular complexity index is 1010. The number of para-hydroxylation sites is 1. The van der Waals surface area contributed by atoms with Crippen molar-refractivity contribution in [1.82, 2.24) is 4.98 Å². The number of nitrogen functional groups attached to an aromatic ring is 1. The third-order valence-corrected chi connectivity index (χ3v) is 3.65. The van der Waals surface area contributed by atoms with E-state index < -0.39 is 29.3 Å². The summed E-state index contributed by atoms with van der Waals surface area (Å²) in [6.45, 7) is 1.49. The van der Waals surface area contributed by atoms with Crippen molar-refractivity contribution in [2.45, 2.75) is 13.1 Å². The predicted octanol–water partition coefficient (Wildman–Crippen LogP) is 3.72. The highest BCUT2D eigenvalue weighted by Crippen LogP contribution is 2.33. The highest BCUT2D eigenvalue weighted by atomic mass is 19.4. The molecule has 3 rings (SSSR count). The first-order valence-corrected chi connectivity index (χ1v) is 7.36. The zero-order chi connectivity index (χ0) is 19.1. The number of fused-ring (bicyclic) bond motifs is 1. The van der Waals surface area contributed by atoms with Crippen molar-refractivity contribution in [3.05, 3.63) is 53.4 Å². The smallest absolute Gasteiger partial charge is 0.432 e. The summed E-state index contributed by atoms with van der Waals surface area (Å²) in [5.41, 5.74) is 5.71. The highest BCUT2D eigenvalue weighted by Gasteiger charge is 2.43. The first-order valence-electron chi connectivity index (χ1n) is 7.36. The van der Waals surface area contributed by atoms with E-state index in [0.717, 1.165) is 0 Å². The van der Waals surface area contributed by atoms with Gasteiger partial charge in [-0.15, -0.1) is 0 Å². The fraction of sp³-hybridized carbons (Fsp3) is 0.118. The van der Waals surface area contributed by atoms with Gasteiger partial charge in [-0.1, -0.05) is 18.2 Å². The van der Waals surface area contributed by atoms with Gasteiger partial charge in [0.2, 0.25) is 11.5 Å². The number of halogens is 3. The number of anilines is 2. The first kappa shape index (κ1) is 17.5. The summed E-state index contributed by atoms with van der Waals surface area (Å²) in [6.07, 6.45) is -5.13. The van der Waals surface area contributed by atoms with Crippen molar-refractivity contribution in [3.63, 3.8) is 0 Å². The lowest BCUT2D eigenvalue weighted by molar-refractivity contribution is -0.0897. The number of pyridine rings is 1. The van der Waals surface area contributed by atoms with E-state index in [0.29, 0.717) is 5.69 Å². The van der Waals surface area contributed by atoms with Gasteiger partial charge in [-0.3, -0.25) is 9.59 Å². The van der Waals surface area contributed by atoms with Crippen molar-refractivity contribution in [1.29, 1.82) is 0 Å². The molecule has 0 bridgehead atoms. The molecule has 1 amide bonds. The van der Waals surface area contributed by atoms with Crippen LogP contribution in [0, 0.1) is 6.92 Å². The zero-order valence-electron chi connectivity index (χ0n) is 13.3. The van der Waals surface area contributed by atoms with E-state index in [-0.39, 0.29) is 22.4 Å². The molecule has 0 fully saturated rings. The molecule has 3 N–H and O–H groups in total. The van der Waals surface area contributed by atoms with E-state index in [1.807, 2.05) is 0 Å². The van der Waals surface area contributed by atoms with Crippen molar-refractivity contribution >= 4 is 34.2 Å². The van der Waals surface area contributed by atoms with Gasteiger partial charge in [0.25, 0.3) is 5.91 Å². The number of hydrogen-bond acceptors (Lipinski definition) is 5. The molecule has 9 heteroatoms.